The van der Waals surface area contributed by atoms with Crippen molar-refractivity contribution < 1.29 is 13.2 Å². The number of rotatable bonds is 3. The van der Waals surface area contributed by atoms with Gasteiger partial charge in [-0.25, -0.2) is 15.4 Å². The Kier molecular flexibility index (Phi) is 5.17. The molecule has 2 aromatic heterocycles. The molecule has 0 aromatic carbocycles. The maximum Gasteiger partial charge on any atom is 0.433 e. The zero-order valence-corrected chi connectivity index (χ0v) is 15.2. The SMILES string of the molecule is NC1CC(C2CCN(c3cc(C(F)(F)F)nc(-c4ccncc4)n3)CC2)NN1. The molecule has 0 radical (unpaired) electrons. The average Bonchev–Trinajstić information content (AvgIpc) is 3.14. The number of anilines is 1. The molecule has 10 heteroatoms. The van der Waals surface area contributed by atoms with E-state index in [0.717, 1.165) is 25.3 Å². The van der Waals surface area contributed by atoms with Crippen LogP contribution in [0.15, 0.2) is 30.6 Å². The summed E-state index contributed by atoms with van der Waals surface area (Å²) in [5, 5.41) is 0. The monoisotopic (exact) mass is 393 g/mol. The quantitative estimate of drug-likeness (QED) is 0.734. The van der Waals surface area contributed by atoms with Crippen molar-refractivity contribution >= 4 is 5.82 Å². The summed E-state index contributed by atoms with van der Waals surface area (Å²) in [7, 11) is 0. The number of alkyl halides is 3. The van der Waals surface area contributed by atoms with Gasteiger partial charge in [0.15, 0.2) is 11.5 Å². The predicted octanol–water partition coefficient (Wildman–Crippen LogP) is 1.93. The minimum atomic E-state index is -4.53. The Bertz CT molecular complexity index is 807. The summed E-state index contributed by atoms with van der Waals surface area (Å²) >= 11 is 0. The van der Waals surface area contributed by atoms with E-state index in [9.17, 15) is 13.2 Å². The van der Waals surface area contributed by atoms with Gasteiger partial charge in [-0.1, -0.05) is 0 Å². The first kappa shape index (κ1) is 19.0. The Labute approximate surface area is 160 Å². The summed E-state index contributed by atoms with van der Waals surface area (Å²) < 4.78 is 40.2. The van der Waals surface area contributed by atoms with E-state index in [2.05, 4.69) is 25.8 Å². The van der Waals surface area contributed by atoms with Crippen LogP contribution in [0.4, 0.5) is 19.0 Å². The topological polar surface area (TPSA) is 92.0 Å². The molecular weight excluding hydrogens is 371 g/mol. The van der Waals surface area contributed by atoms with Gasteiger partial charge in [-0.15, -0.1) is 0 Å². The van der Waals surface area contributed by atoms with Crippen LogP contribution in [-0.2, 0) is 6.18 Å². The number of nitrogens with zero attached hydrogens (tertiary/aromatic N) is 4. The zero-order chi connectivity index (χ0) is 19.7. The Morgan fingerprint density at radius 2 is 1.79 bits per heavy atom. The van der Waals surface area contributed by atoms with E-state index in [4.69, 9.17) is 5.73 Å². The van der Waals surface area contributed by atoms with E-state index < -0.39 is 11.9 Å². The zero-order valence-electron chi connectivity index (χ0n) is 15.2. The third-order valence-corrected chi connectivity index (χ3v) is 5.34. The molecule has 2 aromatic rings. The lowest BCUT2D eigenvalue weighted by atomic mass is 9.88. The highest BCUT2D eigenvalue weighted by molar-refractivity contribution is 5.57. The number of halogens is 3. The van der Waals surface area contributed by atoms with Crippen LogP contribution in [-0.4, -0.2) is 40.2 Å². The Hall–Kier alpha value is -2.30. The largest absolute Gasteiger partial charge is 0.433 e. The van der Waals surface area contributed by atoms with Gasteiger partial charge in [0.05, 0.1) is 6.17 Å². The molecule has 0 aliphatic carbocycles. The highest BCUT2D eigenvalue weighted by Crippen LogP contribution is 2.33. The number of hydrogen-bond acceptors (Lipinski definition) is 7. The highest BCUT2D eigenvalue weighted by atomic mass is 19.4. The minimum absolute atomic E-state index is 0.0536. The van der Waals surface area contributed by atoms with Crippen LogP contribution in [0.1, 0.15) is 25.0 Å². The number of nitrogens with one attached hydrogen (secondary N) is 2. The van der Waals surface area contributed by atoms with Crippen molar-refractivity contribution in [2.75, 3.05) is 18.0 Å². The van der Waals surface area contributed by atoms with Crippen molar-refractivity contribution in [3.63, 3.8) is 0 Å². The van der Waals surface area contributed by atoms with E-state index >= 15 is 0 Å². The molecular formula is C18H22F3N7. The number of nitrogens with two attached hydrogens (primary N) is 1. The van der Waals surface area contributed by atoms with Crippen LogP contribution < -0.4 is 21.5 Å². The number of hydrazine groups is 1. The smallest absolute Gasteiger partial charge is 0.356 e. The number of pyridine rings is 1. The van der Waals surface area contributed by atoms with Gasteiger partial charge in [-0.05, 0) is 37.3 Å². The number of aromatic nitrogens is 3. The van der Waals surface area contributed by atoms with Crippen molar-refractivity contribution in [2.45, 2.75) is 37.6 Å². The normalized spacial score (nSPS) is 23.9. The van der Waals surface area contributed by atoms with Crippen molar-refractivity contribution in [1.82, 2.24) is 25.8 Å². The van der Waals surface area contributed by atoms with Gasteiger partial charge in [0.25, 0.3) is 0 Å². The van der Waals surface area contributed by atoms with Crippen LogP contribution in [0.25, 0.3) is 11.4 Å². The first-order chi connectivity index (χ1) is 13.4. The van der Waals surface area contributed by atoms with Crippen LogP contribution >= 0.6 is 0 Å². The summed E-state index contributed by atoms with van der Waals surface area (Å²) in [5.41, 5.74) is 11.7. The van der Waals surface area contributed by atoms with E-state index in [-0.39, 0.29) is 12.0 Å². The van der Waals surface area contributed by atoms with Crippen molar-refractivity contribution in [2.24, 2.45) is 11.7 Å². The summed E-state index contributed by atoms with van der Waals surface area (Å²) in [6.45, 7) is 1.28. The fourth-order valence-corrected chi connectivity index (χ4v) is 3.82. The van der Waals surface area contributed by atoms with Crippen LogP contribution in [0.3, 0.4) is 0 Å². The summed E-state index contributed by atoms with van der Waals surface area (Å²) in [4.78, 5) is 13.9. The molecule has 2 aliphatic heterocycles. The molecule has 0 bridgehead atoms. The van der Waals surface area contributed by atoms with E-state index in [1.54, 1.807) is 12.1 Å². The van der Waals surface area contributed by atoms with Gasteiger partial charge in [0.2, 0.25) is 0 Å². The lowest BCUT2D eigenvalue weighted by Gasteiger charge is -2.35. The predicted molar refractivity (Wildman–Crippen MR) is 97.9 cm³/mol. The Balaban J connectivity index is 1.56. The molecule has 2 saturated heterocycles. The standard InChI is InChI=1S/C18H22F3N7/c19-18(20,21)14-10-16(25-17(24-14)12-1-5-23-6-2-12)28-7-3-11(4-8-28)13-9-15(22)27-26-13/h1-2,5-6,10-11,13,15,26-27H,3-4,7-9,22H2. The maximum atomic E-state index is 13.4. The minimum Gasteiger partial charge on any atom is -0.356 e. The van der Waals surface area contributed by atoms with Gasteiger partial charge in [0.1, 0.15) is 5.82 Å². The molecule has 4 rings (SSSR count). The fraction of sp³-hybridized carbons (Fsp3) is 0.500. The molecule has 2 unspecified atom stereocenters. The molecule has 2 aliphatic rings. The second kappa shape index (κ2) is 7.61. The molecule has 4 N–H and O–H groups in total. The van der Waals surface area contributed by atoms with Crippen molar-refractivity contribution in [3.8, 4) is 11.4 Å². The molecule has 0 spiro atoms. The van der Waals surface area contributed by atoms with Gasteiger partial charge in [-0.2, -0.15) is 13.2 Å². The number of hydrogen-bond donors (Lipinski definition) is 3. The van der Waals surface area contributed by atoms with E-state index in [1.165, 1.54) is 12.4 Å². The van der Waals surface area contributed by atoms with Gasteiger partial charge in [0, 0.05) is 43.2 Å². The van der Waals surface area contributed by atoms with Gasteiger partial charge >= 0.3 is 6.18 Å². The summed E-state index contributed by atoms with van der Waals surface area (Å²) in [5.74, 6) is 0.796. The Morgan fingerprint density at radius 1 is 1.07 bits per heavy atom. The molecule has 0 amide bonds. The van der Waals surface area contributed by atoms with Gasteiger partial charge in [-0.3, -0.25) is 10.4 Å². The molecule has 150 valence electrons. The van der Waals surface area contributed by atoms with Gasteiger partial charge < -0.3 is 10.6 Å². The van der Waals surface area contributed by atoms with Crippen molar-refractivity contribution in [3.05, 3.63) is 36.3 Å². The van der Waals surface area contributed by atoms with Crippen LogP contribution in [0, 0.1) is 5.92 Å². The highest BCUT2D eigenvalue weighted by Gasteiger charge is 2.36. The van der Waals surface area contributed by atoms with E-state index in [1.807, 2.05) is 4.90 Å². The second-order valence-electron chi connectivity index (χ2n) is 7.23. The molecule has 7 nitrogen and oxygen atoms in total. The first-order valence-corrected chi connectivity index (χ1v) is 9.28. The third kappa shape index (κ3) is 4.08. The maximum absolute atomic E-state index is 13.4. The van der Waals surface area contributed by atoms with Crippen molar-refractivity contribution in [1.29, 1.82) is 0 Å². The molecule has 0 saturated carbocycles. The van der Waals surface area contributed by atoms with E-state index in [0.29, 0.717) is 36.4 Å². The van der Waals surface area contributed by atoms with Crippen LogP contribution in [0.5, 0.6) is 0 Å². The molecule has 28 heavy (non-hydrogen) atoms. The first-order valence-electron chi connectivity index (χ1n) is 9.28. The lowest BCUT2D eigenvalue weighted by Crippen LogP contribution is -2.43. The number of piperidine rings is 1. The molecule has 4 heterocycles. The summed E-state index contributed by atoms with van der Waals surface area (Å²) in [6.07, 6.45) is 1.01. The third-order valence-electron chi connectivity index (χ3n) is 5.34. The lowest BCUT2D eigenvalue weighted by molar-refractivity contribution is -0.141. The molecule has 2 fully saturated rings. The molecule has 2 atom stereocenters. The fourth-order valence-electron chi connectivity index (χ4n) is 3.82. The average molecular weight is 393 g/mol. The summed E-state index contributed by atoms with van der Waals surface area (Å²) in [6, 6.07) is 4.54. The van der Waals surface area contributed by atoms with Crippen LogP contribution in [0.2, 0.25) is 0 Å². The Morgan fingerprint density at radius 3 is 2.39 bits per heavy atom. The second-order valence-corrected chi connectivity index (χ2v) is 7.23.